The summed E-state index contributed by atoms with van der Waals surface area (Å²) in [5.41, 5.74) is 0.512. The minimum absolute atomic E-state index is 0. The molecule has 0 unspecified atom stereocenters. The van der Waals surface area contributed by atoms with Crippen molar-refractivity contribution in [3.63, 3.8) is 0 Å². The monoisotopic (exact) mass is 2050 g/mol. The maximum atomic E-state index is 14.1. The van der Waals surface area contributed by atoms with Crippen molar-refractivity contribution in [2.75, 3.05) is 19.6 Å². The van der Waals surface area contributed by atoms with Crippen LogP contribution in [0, 0.1) is 51.8 Å². The van der Waals surface area contributed by atoms with Crippen LogP contribution in [0.4, 0.5) is 53.9 Å². The number of aromatic nitrogens is 6. The zero-order chi connectivity index (χ0) is 97.8. The number of nitrogens with zero attached hydrogens (tertiary/aromatic N) is 9. The van der Waals surface area contributed by atoms with Crippen LogP contribution in [0.25, 0.3) is 33.1 Å². The second-order valence-corrected chi connectivity index (χ2v) is 40.2. The fraction of sp³-hybridized carbons (Fsp3) is 0.656. The summed E-state index contributed by atoms with van der Waals surface area (Å²) < 4.78 is 165. The summed E-state index contributed by atoms with van der Waals surface area (Å²) in [7, 11) is 0. The Bertz CT molecular complexity index is 5310. The number of carbonyl (C=O) groups is 6. The number of fused-ring (bicyclic) bond motifs is 15. The van der Waals surface area contributed by atoms with Gasteiger partial charge >= 0.3 is 37.4 Å². The standard InChI is InChI=1S/C33H42F3N4O6.C32H40F3N4O6.C31H38F3N4O6.3V/c1-5-21-25(18-41)40-17-27(21)44-29-23(37-22-15-14-20(16-24(22)38-29)46-33(34,35)36)12-8-6-7-10-19-11-9-13-26(19)45-31(43)39-28(30(40)42)32(2,3)4;1-6-20-24(17-40)39-16-25(20)43-27-22(36-21-13-12-19(14-23(21)37-27)44-32(33,34)35)11-9-7-8-10-18-15-31(18,5)45-29(42)38-26(28(39)41)30(2,3)4;1-5-19-23(16-39)38-15-25(19)42-27-21(35-20-12-11-18(14-22(20)36-27)44-31(32,33)34)10-8-6-7-9-17-13-24(17)43-29(41)37-26(28(38)40)30(2,3)4;;;/h14-16,19,21,25-28H,5-13,17H2,1-4H3,(H,39,43);12-14,18,20,24-26H,6-11,15-16H2,1-5H3,(H,38,42);11-12,14,17,19,23-26H,5-10,13,15H2,1-4H3,(H,37,41);;;/q3*-1;;;/t19-,21+,25-,26-,27+,28-;18-,20+,24-,25+,26-,31-;17-,19+,23-,24-,25+,26-;;;/m111.../s1. The Balaban J connectivity index is 0.000000211. The number of halogens is 9. The number of carbonyl (C=O) groups excluding carboxylic acids is 9. The smallest absolute Gasteiger partial charge is 0.540 e. The molecule has 3 aromatic carbocycles. The number of nitrogens with one attached hydrogen (secondary N) is 3. The third-order valence-electron chi connectivity index (χ3n) is 27.1. The summed E-state index contributed by atoms with van der Waals surface area (Å²) in [5.74, 6) is -2.94. The van der Waals surface area contributed by atoms with Gasteiger partial charge in [-0.1, -0.05) is 159 Å². The summed E-state index contributed by atoms with van der Waals surface area (Å²) in [6.07, 6.45) is 4.30. The van der Waals surface area contributed by atoms with E-state index < -0.39 is 166 Å². The second kappa shape index (κ2) is 45.8. The molecule has 9 heterocycles. The fourth-order valence-corrected chi connectivity index (χ4v) is 19.7. The zero-order valence-corrected chi connectivity index (χ0v) is 83.7. The maximum absolute atomic E-state index is 14.1. The van der Waals surface area contributed by atoms with Gasteiger partial charge in [0.05, 0.1) is 52.7 Å². The molecule has 6 bridgehead atoms. The molecule has 6 aliphatic heterocycles. The van der Waals surface area contributed by atoms with Gasteiger partial charge in [-0.3, -0.25) is 14.4 Å². The van der Waals surface area contributed by atoms with E-state index in [1.54, 1.807) is 0 Å². The van der Waals surface area contributed by atoms with E-state index in [-0.39, 0.29) is 139 Å². The van der Waals surface area contributed by atoms with Crippen LogP contribution >= 0.6 is 0 Å². The number of amides is 6. The van der Waals surface area contributed by atoms with E-state index >= 15 is 0 Å². The number of rotatable bonds is 9. The van der Waals surface area contributed by atoms with Crippen LogP contribution < -0.4 is 44.4 Å². The molecule has 6 amide bonds. The summed E-state index contributed by atoms with van der Waals surface area (Å²) in [6.45, 7) is 23.9. The van der Waals surface area contributed by atoms with E-state index in [2.05, 4.69) is 45.1 Å². The van der Waals surface area contributed by atoms with Crippen molar-refractivity contribution in [1.82, 2.24) is 60.6 Å². The van der Waals surface area contributed by atoms with Gasteiger partial charge in [-0.2, -0.15) is 0 Å². The van der Waals surface area contributed by atoms with Gasteiger partial charge < -0.3 is 87.7 Å². The average Bonchev–Trinajstić information content (AvgIpc) is 1.62. The Morgan fingerprint density at radius 2 is 0.710 bits per heavy atom. The fourth-order valence-electron chi connectivity index (χ4n) is 19.7. The molecule has 3 N–H and O–H groups in total. The van der Waals surface area contributed by atoms with E-state index in [0.29, 0.717) is 72.2 Å². The Labute approximate surface area is 831 Å². The van der Waals surface area contributed by atoms with Gasteiger partial charge in [0.1, 0.15) is 88.6 Å². The van der Waals surface area contributed by atoms with E-state index in [0.717, 1.165) is 127 Å². The molecule has 3 saturated carbocycles. The van der Waals surface area contributed by atoms with Crippen LogP contribution in [0.5, 0.6) is 34.9 Å². The predicted molar refractivity (Wildman–Crippen MR) is 471 cm³/mol. The van der Waals surface area contributed by atoms with Crippen LogP contribution in [0.2, 0.25) is 0 Å². The molecule has 3 aliphatic carbocycles. The third-order valence-corrected chi connectivity index (χ3v) is 27.1. The van der Waals surface area contributed by atoms with Crippen molar-refractivity contribution >= 4 is 88.0 Å². The van der Waals surface area contributed by atoms with Crippen LogP contribution in [0.15, 0.2) is 54.6 Å². The number of alkyl halides is 9. The predicted octanol–water partition coefficient (Wildman–Crippen LogP) is 17.0. The molecular formula is C96H120F9N12O18V3-3. The molecule has 6 aromatic rings. The van der Waals surface area contributed by atoms with Gasteiger partial charge in [-0.05, 0) is 179 Å². The molecule has 6 fully saturated rings. The van der Waals surface area contributed by atoms with Crippen LogP contribution in [0.1, 0.15) is 236 Å². The van der Waals surface area contributed by atoms with E-state index in [9.17, 15) is 82.7 Å². The molecule has 42 heteroatoms. The van der Waals surface area contributed by atoms with Crippen LogP contribution in [0.3, 0.4) is 0 Å². The van der Waals surface area contributed by atoms with Crippen LogP contribution in [-0.4, -0.2) is 211 Å². The van der Waals surface area contributed by atoms with E-state index in [4.69, 9.17) is 43.4 Å². The second-order valence-electron chi connectivity index (χ2n) is 40.2. The van der Waals surface area contributed by atoms with Gasteiger partial charge in [-0.25, -0.2) is 63.1 Å². The number of hydrogen-bond donors (Lipinski definition) is 3. The molecule has 3 saturated heterocycles. The zero-order valence-electron chi connectivity index (χ0n) is 79.5. The molecule has 9 aliphatic rings. The van der Waals surface area contributed by atoms with E-state index in [1.807, 2.05) is 109 Å². The van der Waals surface area contributed by atoms with Gasteiger partial charge in [0.25, 0.3) is 0 Å². The summed E-state index contributed by atoms with van der Waals surface area (Å²) in [4.78, 5) is 150. The van der Waals surface area contributed by atoms with Gasteiger partial charge in [0.15, 0.2) is 0 Å². The summed E-state index contributed by atoms with van der Waals surface area (Å²) in [5, 5.41) is 8.33. The molecule has 3 aromatic heterocycles. The number of hydrogen-bond acceptors (Lipinski definition) is 24. The number of ether oxygens (including phenoxy) is 9. The first-order chi connectivity index (χ1) is 63.6. The van der Waals surface area contributed by atoms with Crippen molar-refractivity contribution < 1.29 is 181 Å². The Morgan fingerprint density at radius 1 is 0.391 bits per heavy atom. The van der Waals surface area contributed by atoms with Crippen molar-refractivity contribution in [2.45, 2.75) is 329 Å². The molecular weight excluding hydrogens is 1930 g/mol. The quantitative estimate of drug-likeness (QED) is 0.0687. The Kier molecular flexibility index (Phi) is 36.8. The average molecular weight is 2050 g/mol. The first-order valence-corrected chi connectivity index (χ1v) is 46.8. The SMILES string of the molecule is CC[C@@H]1[C@@H]2CN(C(=O)[C@H](C(C)(C)C)NC(=O)O[C@@H]3CCC[C@H]3CCCCCc3nc4ccc(OC(F)(F)F)cc4nc3O2)[C@@H]1[C-]=O.CC[C@@H]1[C@@H]2CN(C(=O)[C@H](C(C)(C)C)NC(=O)O[C@@H]3C[C@H]3CCCCCc3nc4ccc(OC(F)(F)F)cc4nc3O2)[C@@H]1[C-]=O.CC[C@@H]1[C@@H]2CN(C(=O)[C@H](C(C)(C)C)NC(=O)O[C@]3(C)C[C@H]3CCCCCc3nc4ccc(OC(F)(F)F)cc4nc3O2)[C@@H]1[C-]=O.[V].[V].[V]. The van der Waals surface area contributed by atoms with Gasteiger partial charge in [0, 0.05) is 79.8 Å². The minimum Gasteiger partial charge on any atom is -0.540 e. The van der Waals surface area contributed by atoms with Gasteiger partial charge in [0.2, 0.25) is 35.4 Å². The molecule has 138 heavy (non-hydrogen) atoms. The molecule has 753 valence electrons. The topological polar surface area (TPSA) is 360 Å². The summed E-state index contributed by atoms with van der Waals surface area (Å²) >= 11 is 0. The molecule has 15 rings (SSSR count). The Morgan fingerprint density at radius 3 is 1.04 bits per heavy atom. The molecule has 0 spiro atoms. The van der Waals surface area contributed by atoms with Crippen molar-refractivity contribution in [3.8, 4) is 34.9 Å². The van der Waals surface area contributed by atoms with Crippen molar-refractivity contribution in [3.05, 3.63) is 71.7 Å². The third kappa shape index (κ3) is 27.8. The van der Waals surface area contributed by atoms with Crippen molar-refractivity contribution in [1.29, 1.82) is 0 Å². The summed E-state index contributed by atoms with van der Waals surface area (Å²) in [6, 6.07) is 5.49. The number of benzene rings is 3. The molecule has 30 nitrogen and oxygen atoms in total. The minimum atomic E-state index is -4.87. The van der Waals surface area contributed by atoms with Crippen molar-refractivity contribution in [2.24, 2.45) is 51.8 Å². The largest absolute Gasteiger partial charge is 0.573 e. The Hall–Kier alpha value is -9.17. The molecule has 18 atom stereocenters. The molecule has 3 radical (unpaired) electrons. The first-order valence-electron chi connectivity index (χ1n) is 46.8. The van der Waals surface area contributed by atoms with Gasteiger partial charge in [-0.15, -0.1) is 39.5 Å². The first kappa shape index (κ1) is 111. The number of alkyl carbamates (subject to hydrolysis) is 3. The van der Waals surface area contributed by atoms with Crippen LogP contribution in [-0.2, 0) is 118 Å². The van der Waals surface area contributed by atoms with E-state index in [1.165, 1.54) is 51.1 Å². The number of aryl methyl sites for hydroxylation is 3. The maximum Gasteiger partial charge on any atom is 0.573 e. The normalized spacial score (nSPS) is 28.2.